The van der Waals surface area contributed by atoms with Gasteiger partial charge in [0.2, 0.25) is 0 Å². The van der Waals surface area contributed by atoms with Gasteiger partial charge in [-0.2, -0.15) is 0 Å². The van der Waals surface area contributed by atoms with E-state index in [0.717, 1.165) is 5.56 Å². The van der Waals surface area contributed by atoms with Crippen molar-refractivity contribution in [2.24, 2.45) is 16.2 Å². The molecule has 2 rings (SSSR count). The number of amides is 2. The molecule has 1 fully saturated rings. The van der Waals surface area contributed by atoms with E-state index < -0.39 is 16.2 Å². The molecule has 0 aromatic heterocycles. The molecule has 242 valence electrons. The maximum atomic E-state index is 13.4. The number of hydrogen-bond acceptors (Lipinski definition) is 7. The molecular formula is C34H57N5O4. The van der Waals surface area contributed by atoms with E-state index in [1.54, 1.807) is 4.90 Å². The van der Waals surface area contributed by atoms with Crippen molar-refractivity contribution >= 4 is 23.4 Å². The van der Waals surface area contributed by atoms with Crippen molar-refractivity contribution in [1.82, 2.24) is 24.9 Å². The van der Waals surface area contributed by atoms with Gasteiger partial charge in [-0.1, -0.05) is 92.6 Å². The van der Waals surface area contributed by atoms with E-state index in [9.17, 15) is 19.2 Å². The minimum absolute atomic E-state index is 0.142. The van der Waals surface area contributed by atoms with E-state index in [1.165, 1.54) is 0 Å². The molecule has 1 aliphatic heterocycles. The number of carbonyl (C=O) groups excluding carboxylic acids is 4. The third-order valence-corrected chi connectivity index (χ3v) is 8.02. The standard InChI is InChI=1S/C34H57N5O4/c1-32(2,3)28(40)24-36-15-17-37(25-29(41)33(4,5)6)19-21-39(31(43)35-23-27-13-11-10-12-14-27)22-20-38(18-16-36)26-30(42)34(7,8)9/h10-14H,15-26H2,1-9H3,(H,35,43). The molecule has 1 aliphatic rings. The summed E-state index contributed by atoms with van der Waals surface area (Å²) in [5, 5.41) is 3.05. The lowest BCUT2D eigenvalue weighted by molar-refractivity contribution is -0.129. The molecule has 9 heteroatoms. The molecule has 0 saturated carbocycles. The highest BCUT2D eigenvalue weighted by Crippen LogP contribution is 2.18. The first-order valence-corrected chi connectivity index (χ1v) is 15.7. The highest BCUT2D eigenvalue weighted by Gasteiger charge is 2.29. The second-order valence-corrected chi connectivity index (χ2v) is 15.0. The predicted octanol–water partition coefficient (Wildman–Crippen LogP) is 3.96. The van der Waals surface area contributed by atoms with Crippen LogP contribution in [0.15, 0.2) is 30.3 Å². The molecule has 0 radical (unpaired) electrons. The fraction of sp³-hybridized carbons (Fsp3) is 0.706. The Hall–Kier alpha value is -2.62. The van der Waals surface area contributed by atoms with Crippen molar-refractivity contribution in [3.05, 3.63) is 35.9 Å². The Bertz CT molecular complexity index is 1020. The van der Waals surface area contributed by atoms with E-state index in [0.29, 0.717) is 65.4 Å². The predicted molar refractivity (Wildman–Crippen MR) is 173 cm³/mol. The van der Waals surface area contributed by atoms with Crippen LogP contribution in [0, 0.1) is 16.2 Å². The second kappa shape index (κ2) is 15.9. The number of Topliss-reactive ketones (excluding diaryl/α,β-unsaturated/α-hetero) is 3. The van der Waals surface area contributed by atoms with E-state index in [-0.39, 0.29) is 36.5 Å². The summed E-state index contributed by atoms with van der Waals surface area (Å²) in [5.74, 6) is 0.447. The van der Waals surface area contributed by atoms with Gasteiger partial charge in [0.1, 0.15) is 0 Å². The quantitative estimate of drug-likeness (QED) is 0.484. The zero-order valence-electron chi connectivity index (χ0n) is 28.3. The maximum absolute atomic E-state index is 13.4. The summed E-state index contributed by atoms with van der Waals surface area (Å²) < 4.78 is 0. The Morgan fingerprint density at radius 1 is 0.558 bits per heavy atom. The zero-order chi connectivity index (χ0) is 32.4. The third kappa shape index (κ3) is 13.3. The van der Waals surface area contributed by atoms with Crippen molar-refractivity contribution in [1.29, 1.82) is 0 Å². The van der Waals surface area contributed by atoms with Gasteiger partial charge in [-0.25, -0.2) is 4.79 Å². The fourth-order valence-electron chi connectivity index (χ4n) is 4.42. The number of carbonyl (C=O) groups is 4. The number of nitrogens with one attached hydrogen (secondary N) is 1. The van der Waals surface area contributed by atoms with Gasteiger partial charge in [0, 0.05) is 75.1 Å². The molecule has 1 saturated heterocycles. The highest BCUT2D eigenvalue weighted by molar-refractivity contribution is 5.86. The van der Waals surface area contributed by atoms with E-state index in [1.807, 2.05) is 92.6 Å². The second-order valence-electron chi connectivity index (χ2n) is 15.0. The summed E-state index contributed by atoms with van der Waals surface area (Å²) in [6, 6.07) is 9.64. The van der Waals surface area contributed by atoms with Crippen LogP contribution in [0.2, 0.25) is 0 Å². The lowest BCUT2D eigenvalue weighted by Gasteiger charge is -2.35. The minimum Gasteiger partial charge on any atom is -0.334 e. The first kappa shape index (κ1) is 36.6. The Kier molecular flexibility index (Phi) is 13.5. The number of urea groups is 1. The van der Waals surface area contributed by atoms with Crippen LogP contribution in [0.25, 0.3) is 0 Å². The Balaban J connectivity index is 2.30. The van der Waals surface area contributed by atoms with Crippen molar-refractivity contribution in [2.45, 2.75) is 68.9 Å². The molecule has 9 nitrogen and oxygen atoms in total. The van der Waals surface area contributed by atoms with Gasteiger partial charge < -0.3 is 10.2 Å². The molecular weight excluding hydrogens is 542 g/mol. The van der Waals surface area contributed by atoms with E-state index in [4.69, 9.17) is 0 Å². The van der Waals surface area contributed by atoms with Gasteiger partial charge in [-0.15, -0.1) is 0 Å². The molecule has 1 heterocycles. The van der Waals surface area contributed by atoms with Crippen LogP contribution < -0.4 is 5.32 Å². The van der Waals surface area contributed by atoms with Gasteiger partial charge in [0.05, 0.1) is 19.6 Å². The van der Waals surface area contributed by atoms with Crippen LogP contribution in [-0.4, -0.2) is 115 Å². The molecule has 0 unspecified atom stereocenters. The van der Waals surface area contributed by atoms with Crippen LogP contribution in [0.4, 0.5) is 4.79 Å². The smallest absolute Gasteiger partial charge is 0.317 e. The average Bonchev–Trinajstić information content (AvgIpc) is 2.90. The molecule has 0 spiro atoms. The van der Waals surface area contributed by atoms with Gasteiger partial charge in [0.25, 0.3) is 0 Å². The largest absolute Gasteiger partial charge is 0.334 e. The SMILES string of the molecule is CC(C)(C)C(=O)CN1CCN(CC(=O)C(C)(C)C)CCN(C(=O)NCc2ccccc2)CCN(CC(=O)C(C)(C)C)CC1. The molecule has 1 aromatic carbocycles. The van der Waals surface area contributed by atoms with Crippen molar-refractivity contribution in [3.63, 3.8) is 0 Å². The van der Waals surface area contributed by atoms with E-state index in [2.05, 4.69) is 20.0 Å². The molecule has 0 atom stereocenters. The summed E-state index contributed by atoms with van der Waals surface area (Å²) in [6.45, 7) is 23.1. The Morgan fingerprint density at radius 2 is 0.884 bits per heavy atom. The average molecular weight is 600 g/mol. The van der Waals surface area contributed by atoms with Gasteiger partial charge in [-0.05, 0) is 5.56 Å². The van der Waals surface area contributed by atoms with Crippen LogP contribution >= 0.6 is 0 Å². The molecule has 0 bridgehead atoms. The minimum atomic E-state index is -0.474. The third-order valence-electron chi connectivity index (χ3n) is 8.02. The zero-order valence-corrected chi connectivity index (χ0v) is 28.3. The van der Waals surface area contributed by atoms with Crippen LogP contribution in [0.1, 0.15) is 67.9 Å². The Morgan fingerprint density at radius 3 is 1.21 bits per heavy atom. The number of rotatable bonds is 8. The topological polar surface area (TPSA) is 93.3 Å². The number of nitrogens with zero attached hydrogens (tertiary/aromatic N) is 4. The summed E-state index contributed by atoms with van der Waals surface area (Å²) >= 11 is 0. The molecule has 43 heavy (non-hydrogen) atoms. The van der Waals surface area contributed by atoms with Crippen molar-refractivity contribution in [2.75, 3.05) is 72.0 Å². The van der Waals surface area contributed by atoms with E-state index >= 15 is 0 Å². The Labute approximate surface area is 260 Å². The highest BCUT2D eigenvalue weighted by atomic mass is 16.2. The molecule has 0 aliphatic carbocycles. The van der Waals surface area contributed by atoms with Crippen molar-refractivity contribution in [3.8, 4) is 0 Å². The first-order valence-electron chi connectivity index (χ1n) is 15.7. The maximum Gasteiger partial charge on any atom is 0.317 e. The van der Waals surface area contributed by atoms with Crippen LogP contribution in [0.3, 0.4) is 0 Å². The summed E-state index contributed by atoms with van der Waals surface area (Å²) in [7, 11) is 0. The summed E-state index contributed by atoms with van der Waals surface area (Å²) in [5.41, 5.74) is -0.386. The lowest BCUT2D eigenvalue weighted by atomic mass is 9.90. The van der Waals surface area contributed by atoms with Crippen LogP contribution in [0.5, 0.6) is 0 Å². The molecule has 1 aromatic rings. The normalized spacial score (nSPS) is 17.6. The number of benzene rings is 1. The summed E-state index contributed by atoms with van der Waals surface area (Å²) in [6.07, 6.45) is 0. The first-order chi connectivity index (χ1) is 19.9. The molecule has 1 N–H and O–H groups in total. The number of hydrogen-bond donors (Lipinski definition) is 1. The lowest BCUT2D eigenvalue weighted by Crippen LogP contribution is -2.52. The van der Waals surface area contributed by atoms with Crippen LogP contribution in [-0.2, 0) is 20.9 Å². The number of ketones is 3. The fourth-order valence-corrected chi connectivity index (χ4v) is 4.42. The van der Waals surface area contributed by atoms with Crippen molar-refractivity contribution < 1.29 is 19.2 Å². The molecule has 2 amide bonds. The summed E-state index contributed by atoms with van der Waals surface area (Å²) in [4.78, 5) is 60.8. The van der Waals surface area contributed by atoms with Gasteiger partial charge >= 0.3 is 6.03 Å². The monoisotopic (exact) mass is 599 g/mol. The van der Waals surface area contributed by atoms with Gasteiger partial charge in [0.15, 0.2) is 17.3 Å². The van der Waals surface area contributed by atoms with Gasteiger partial charge in [-0.3, -0.25) is 29.1 Å².